The van der Waals surface area contributed by atoms with E-state index in [0.29, 0.717) is 31.3 Å². The molecule has 1 fully saturated rings. The monoisotopic (exact) mass is 469 g/mol. The predicted molar refractivity (Wildman–Crippen MR) is 136 cm³/mol. The van der Waals surface area contributed by atoms with E-state index in [-0.39, 0.29) is 11.7 Å². The third-order valence-electron chi connectivity index (χ3n) is 6.08. The molecular formula is C27H27N5O3. The fourth-order valence-electron chi connectivity index (χ4n) is 4.25. The zero-order chi connectivity index (χ0) is 24.2. The minimum atomic E-state index is -0.252. The summed E-state index contributed by atoms with van der Waals surface area (Å²) in [6.45, 7) is 1.66. The molecule has 35 heavy (non-hydrogen) atoms. The number of hydrogen-bond acceptors (Lipinski definition) is 7. The quantitative estimate of drug-likeness (QED) is 0.454. The number of pyridine rings is 1. The summed E-state index contributed by atoms with van der Waals surface area (Å²) in [4.78, 5) is 23.8. The Balaban J connectivity index is 1.45. The van der Waals surface area contributed by atoms with Gasteiger partial charge >= 0.3 is 0 Å². The standard InChI is InChI=1S/C27H27N5O3/c1-31-26(33)17-23(19-10-12-28-13-11-19)30-27(31)32-14-15-35-25(18-32)22-16-21(8-9-24(22)34-2)29-20-6-4-3-5-7-20/h3-13,16-17,25,29H,14-15,18H2,1-2H3. The van der Waals surface area contributed by atoms with Crippen molar-refractivity contribution in [3.8, 4) is 17.0 Å². The molecule has 1 unspecified atom stereocenters. The highest BCUT2D eigenvalue weighted by Crippen LogP contribution is 2.34. The molecule has 8 nitrogen and oxygen atoms in total. The van der Waals surface area contributed by atoms with E-state index >= 15 is 0 Å². The van der Waals surface area contributed by atoms with Crippen LogP contribution in [0.25, 0.3) is 11.3 Å². The van der Waals surface area contributed by atoms with Crippen LogP contribution in [0.4, 0.5) is 17.3 Å². The summed E-state index contributed by atoms with van der Waals surface area (Å²) < 4.78 is 13.4. The summed E-state index contributed by atoms with van der Waals surface area (Å²) in [5.41, 5.74) is 4.25. The maximum absolute atomic E-state index is 12.8. The number of nitrogens with one attached hydrogen (secondary N) is 1. The van der Waals surface area contributed by atoms with Gasteiger partial charge in [-0.1, -0.05) is 18.2 Å². The van der Waals surface area contributed by atoms with Crippen LogP contribution in [0, 0.1) is 0 Å². The Morgan fingerprint density at radius 2 is 1.83 bits per heavy atom. The van der Waals surface area contributed by atoms with Crippen LogP contribution in [-0.2, 0) is 11.8 Å². The number of nitrogens with zero attached hydrogens (tertiary/aromatic N) is 4. The van der Waals surface area contributed by atoms with Crippen LogP contribution in [-0.4, -0.2) is 41.3 Å². The van der Waals surface area contributed by atoms with Crippen molar-refractivity contribution in [1.29, 1.82) is 0 Å². The number of methoxy groups -OCH3 is 1. The fourth-order valence-corrected chi connectivity index (χ4v) is 4.25. The molecule has 2 aromatic carbocycles. The van der Waals surface area contributed by atoms with Crippen LogP contribution < -0.4 is 20.5 Å². The Morgan fingerprint density at radius 3 is 2.60 bits per heavy atom. The first-order chi connectivity index (χ1) is 17.1. The van der Waals surface area contributed by atoms with Crippen molar-refractivity contribution in [2.45, 2.75) is 6.10 Å². The molecule has 1 aliphatic heterocycles. The van der Waals surface area contributed by atoms with E-state index in [0.717, 1.165) is 28.3 Å². The molecule has 2 aromatic heterocycles. The first-order valence-electron chi connectivity index (χ1n) is 11.5. The topological polar surface area (TPSA) is 81.5 Å². The van der Waals surface area contributed by atoms with Crippen molar-refractivity contribution < 1.29 is 9.47 Å². The number of hydrogen-bond donors (Lipinski definition) is 1. The van der Waals surface area contributed by atoms with Gasteiger partial charge < -0.3 is 19.7 Å². The number of anilines is 3. The Labute approximate surface area is 203 Å². The molecular weight excluding hydrogens is 442 g/mol. The van der Waals surface area contributed by atoms with E-state index in [2.05, 4.69) is 21.3 Å². The maximum atomic E-state index is 12.8. The second-order valence-corrected chi connectivity index (χ2v) is 8.33. The van der Waals surface area contributed by atoms with Crippen molar-refractivity contribution in [3.63, 3.8) is 0 Å². The zero-order valence-corrected chi connectivity index (χ0v) is 19.7. The van der Waals surface area contributed by atoms with Gasteiger partial charge in [-0.05, 0) is 42.5 Å². The summed E-state index contributed by atoms with van der Waals surface area (Å²) in [6.07, 6.45) is 3.14. The average molecular weight is 470 g/mol. The first-order valence-corrected chi connectivity index (χ1v) is 11.5. The molecule has 5 rings (SSSR count). The summed E-state index contributed by atoms with van der Waals surface area (Å²) in [6, 6.07) is 21.3. The van der Waals surface area contributed by atoms with Crippen molar-refractivity contribution in [1.82, 2.24) is 14.5 Å². The van der Waals surface area contributed by atoms with Gasteiger partial charge in [-0.25, -0.2) is 4.98 Å². The van der Waals surface area contributed by atoms with Gasteiger partial charge in [-0.3, -0.25) is 14.3 Å². The summed E-state index contributed by atoms with van der Waals surface area (Å²) in [5.74, 6) is 1.36. The molecule has 1 atom stereocenters. The fraction of sp³-hybridized carbons (Fsp3) is 0.222. The minimum Gasteiger partial charge on any atom is -0.496 e. The smallest absolute Gasteiger partial charge is 0.255 e. The van der Waals surface area contributed by atoms with Gasteiger partial charge in [0.05, 0.1) is 26.0 Å². The normalized spacial score (nSPS) is 15.6. The predicted octanol–water partition coefficient (Wildman–Crippen LogP) is 4.17. The second-order valence-electron chi connectivity index (χ2n) is 8.33. The maximum Gasteiger partial charge on any atom is 0.255 e. The van der Waals surface area contributed by atoms with E-state index in [9.17, 15) is 4.79 Å². The molecule has 0 aliphatic carbocycles. The van der Waals surface area contributed by atoms with Gasteiger partial charge in [0, 0.05) is 54.6 Å². The van der Waals surface area contributed by atoms with Gasteiger partial charge in [0.25, 0.3) is 5.56 Å². The minimum absolute atomic E-state index is 0.114. The Bertz CT molecular complexity index is 1360. The van der Waals surface area contributed by atoms with Gasteiger partial charge in [0.2, 0.25) is 5.95 Å². The SMILES string of the molecule is COc1ccc(Nc2ccccc2)cc1C1CN(c2nc(-c3ccncc3)cc(=O)n2C)CCO1. The number of benzene rings is 2. The highest BCUT2D eigenvalue weighted by atomic mass is 16.5. The van der Waals surface area contributed by atoms with Gasteiger partial charge in [-0.15, -0.1) is 0 Å². The lowest BCUT2D eigenvalue weighted by Gasteiger charge is -2.35. The highest BCUT2D eigenvalue weighted by molar-refractivity contribution is 5.63. The van der Waals surface area contributed by atoms with Crippen LogP contribution in [0.15, 0.2) is 83.9 Å². The van der Waals surface area contributed by atoms with Crippen LogP contribution in [0.2, 0.25) is 0 Å². The van der Waals surface area contributed by atoms with E-state index < -0.39 is 0 Å². The molecule has 8 heteroatoms. The first kappa shape index (κ1) is 22.6. The third-order valence-corrected chi connectivity index (χ3v) is 6.08. The molecule has 0 bridgehead atoms. The van der Waals surface area contributed by atoms with Gasteiger partial charge in [0.1, 0.15) is 11.9 Å². The van der Waals surface area contributed by atoms with E-state index in [4.69, 9.17) is 14.5 Å². The van der Waals surface area contributed by atoms with Crippen molar-refractivity contribution in [3.05, 3.63) is 95.0 Å². The highest BCUT2D eigenvalue weighted by Gasteiger charge is 2.27. The van der Waals surface area contributed by atoms with Crippen LogP contribution >= 0.6 is 0 Å². The molecule has 4 aromatic rings. The number of rotatable bonds is 6. The number of para-hydroxylation sites is 1. The second kappa shape index (κ2) is 9.99. The molecule has 3 heterocycles. The van der Waals surface area contributed by atoms with E-state index in [1.807, 2.05) is 54.6 Å². The van der Waals surface area contributed by atoms with E-state index in [1.165, 1.54) is 0 Å². The van der Waals surface area contributed by atoms with Gasteiger partial charge in [0.15, 0.2) is 0 Å². The van der Waals surface area contributed by atoms with E-state index in [1.54, 1.807) is 37.2 Å². The number of morpholine rings is 1. The Kier molecular flexibility index (Phi) is 6.45. The lowest BCUT2D eigenvalue weighted by Crippen LogP contribution is -2.41. The lowest BCUT2D eigenvalue weighted by atomic mass is 10.0. The van der Waals surface area contributed by atoms with Crippen molar-refractivity contribution in [2.75, 3.05) is 37.0 Å². The van der Waals surface area contributed by atoms with Crippen LogP contribution in [0.1, 0.15) is 11.7 Å². The van der Waals surface area contributed by atoms with Crippen LogP contribution in [0.3, 0.4) is 0 Å². The molecule has 0 amide bonds. The molecule has 1 N–H and O–H groups in total. The molecule has 0 spiro atoms. The Hall–Kier alpha value is -4.17. The largest absolute Gasteiger partial charge is 0.496 e. The summed E-state index contributed by atoms with van der Waals surface area (Å²) >= 11 is 0. The molecule has 0 saturated carbocycles. The molecule has 178 valence electrons. The number of aromatic nitrogens is 3. The lowest BCUT2D eigenvalue weighted by molar-refractivity contribution is 0.0375. The Morgan fingerprint density at radius 1 is 1.03 bits per heavy atom. The van der Waals surface area contributed by atoms with Crippen molar-refractivity contribution in [2.24, 2.45) is 7.05 Å². The third kappa shape index (κ3) is 4.88. The van der Waals surface area contributed by atoms with Crippen LogP contribution in [0.5, 0.6) is 5.75 Å². The van der Waals surface area contributed by atoms with Gasteiger partial charge in [-0.2, -0.15) is 0 Å². The average Bonchev–Trinajstić information content (AvgIpc) is 2.91. The molecule has 1 saturated heterocycles. The number of ether oxygens (including phenoxy) is 2. The summed E-state index contributed by atoms with van der Waals surface area (Å²) in [7, 11) is 3.41. The molecule has 0 radical (unpaired) electrons. The summed E-state index contributed by atoms with van der Waals surface area (Å²) in [5, 5.41) is 3.43. The van der Waals surface area contributed by atoms with Crippen molar-refractivity contribution >= 4 is 17.3 Å². The zero-order valence-electron chi connectivity index (χ0n) is 19.7. The molecule has 1 aliphatic rings.